The first kappa shape index (κ1) is 19.3. The fourth-order valence-corrected chi connectivity index (χ4v) is 4.05. The molecule has 2 aromatic heterocycles. The lowest BCUT2D eigenvalue weighted by Gasteiger charge is -2.06. The highest BCUT2D eigenvalue weighted by Gasteiger charge is 2.14. The maximum absolute atomic E-state index is 13.8. The summed E-state index contributed by atoms with van der Waals surface area (Å²) in [7, 11) is -3.82. The van der Waals surface area contributed by atoms with Crippen LogP contribution in [0, 0.1) is 5.82 Å². The van der Waals surface area contributed by atoms with Gasteiger partial charge in [0.2, 0.25) is 10.0 Å². The van der Waals surface area contributed by atoms with E-state index in [4.69, 9.17) is 5.14 Å². The van der Waals surface area contributed by atoms with E-state index >= 15 is 0 Å². The summed E-state index contributed by atoms with van der Waals surface area (Å²) in [6.45, 7) is 0. The highest BCUT2D eigenvalue weighted by molar-refractivity contribution is 7.98. The number of aromatic nitrogens is 4. The van der Waals surface area contributed by atoms with Crippen molar-refractivity contribution >= 4 is 32.8 Å². The predicted molar refractivity (Wildman–Crippen MR) is 107 cm³/mol. The van der Waals surface area contributed by atoms with Gasteiger partial charge in [-0.15, -0.1) is 0 Å². The first-order chi connectivity index (χ1) is 13.8. The Balaban J connectivity index is 1.70. The molecule has 2 aromatic carbocycles. The zero-order valence-corrected chi connectivity index (χ0v) is 16.4. The van der Waals surface area contributed by atoms with Crippen molar-refractivity contribution in [3.8, 4) is 5.69 Å². The number of primary sulfonamides is 1. The lowest BCUT2D eigenvalue weighted by molar-refractivity contribution is 0.597. The molecule has 0 spiro atoms. The first-order valence-electron chi connectivity index (χ1n) is 8.30. The van der Waals surface area contributed by atoms with E-state index in [1.165, 1.54) is 53.0 Å². The molecule has 11 heteroatoms. The van der Waals surface area contributed by atoms with Gasteiger partial charge in [-0.2, -0.15) is 5.10 Å². The van der Waals surface area contributed by atoms with Crippen molar-refractivity contribution in [2.75, 3.05) is 0 Å². The van der Waals surface area contributed by atoms with Crippen molar-refractivity contribution in [2.24, 2.45) is 5.14 Å². The molecule has 148 valence electrons. The predicted octanol–water partition coefficient (Wildman–Crippen LogP) is 2.19. The van der Waals surface area contributed by atoms with Crippen LogP contribution in [0.4, 0.5) is 4.39 Å². The molecule has 2 heterocycles. The third-order valence-corrected chi connectivity index (χ3v) is 6.00. The number of fused-ring (bicyclic) bond motifs is 1. The molecule has 4 rings (SSSR count). The van der Waals surface area contributed by atoms with Gasteiger partial charge in [-0.3, -0.25) is 4.79 Å². The monoisotopic (exact) mass is 431 g/mol. The molecule has 4 aromatic rings. The van der Waals surface area contributed by atoms with Crippen molar-refractivity contribution in [1.29, 1.82) is 0 Å². The molecule has 29 heavy (non-hydrogen) atoms. The summed E-state index contributed by atoms with van der Waals surface area (Å²) < 4.78 is 38.1. The molecule has 0 radical (unpaired) electrons. The van der Waals surface area contributed by atoms with Gasteiger partial charge >= 0.3 is 0 Å². The van der Waals surface area contributed by atoms with Crippen LogP contribution < -0.4 is 10.7 Å². The number of aromatic amines is 1. The van der Waals surface area contributed by atoms with Crippen LogP contribution in [0.1, 0.15) is 5.56 Å². The number of hydrogen-bond donors (Lipinski definition) is 2. The fourth-order valence-electron chi connectivity index (χ4n) is 2.69. The molecule has 3 N–H and O–H groups in total. The van der Waals surface area contributed by atoms with E-state index in [-0.39, 0.29) is 27.4 Å². The Kier molecular flexibility index (Phi) is 4.94. The average Bonchev–Trinajstić information content (AvgIpc) is 3.11. The van der Waals surface area contributed by atoms with Gasteiger partial charge in [0.1, 0.15) is 11.2 Å². The molecule has 8 nitrogen and oxygen atoms in total. The largest absolute Gasteiger partial charge is 0.301 e. The van der Waals surface area contributed by atoms with Crippen LogP contribution in [0.3, 0.4) is 0 Å². The van der Waals surface area contributed by atoms with Crippen LogP contribution in [0.2, 0.25) is 0 Å². The summed E-state index contributed by atoms with van der Waals surface area (Å²) in [5, 5.41) is 9.87. The normalized spacial score (nSPS) is 11.8. The Hall–Kier alpha value is -3.02. The molecule has 0 aliphatic rings. The quantitative estimate of drug-likeness (QED) is 0.369. The zero-order chi connectivity index (χ0) is 20.6. The fraction of sp³-hybridized carbons (Fsp3) is 0.0556. The van der Waals surface area contributed by atoms with Gasteiger partial charge in [0.15, 0.2) is 10.8 Å². The van der Waals surface area contributed by atoms with Gasteiger partial charge in [0.25, 0.3) is 5.56 Å². The molecule has 0 aliphatic heterocycles. The van der Waals surface area contributed by atoms with Gasteiger partial charge in [0, 0.05) is 5.75 Å². The third kappa shape index (κ3) is 3.92. The van der Waals surface area contributed by atoms with Crippen LogP contribution in [0.5, 0.6) is 0 Å². The summed E-state index contributed by atoms with van der Waals surface area (Å²) in [6, 6.07) is 12.1. The maximum Gasteiger partial charge on any atom is 0.262 e. The second kappa shape index (κ2) is 7.43. The van der Waals surface area contributed by atoms with Gasteiger partial charge in [-0.05, 0) is 35.9 Å². The summed E-state index contributed by atoms with van der Waals surface area (Å²) in [4.78, 5) is 19.4. The summed E-state index contributed by atoms with van der Waals surface area (Å²) >= 11 is 1.19. The van der Waals surface area contributed by atoms with E-state index in [0.717, 1.165) is 0 Å². The first-order valence-corrected chi connectivity index (χ1v) is 10.8. The number of H-pyrrole nitrogens is 1. The number of sulfonamides is 1. The molecule has 0 atom stereocenters. The van der Waals surface area contributed by atoms with Gasteiger partial charge in [-0.1, -0.05) is 30.0 Å². The second-order valence-corrected chi connectivity index (χ2v) is 8.61. The van der Waals surface area contributed by atoms with Crippen LogP contribution in [0.15, 0.2) is 69.6 Å². The molecule has 0 saturated carbocycles. The summed E-state index contributed by atoms with van der Waals surface area (Å²) in [6.07, 6.45) is 1.38. The van der Waals surface area contributed by atoms with Crippen molar-refractivity contribution < 1.29 is 12.8 Å². The molecule has 0 bridgehead atoms. The summed E-state index contributed by atoms with van der Waals surface area (Å²) in [5.41, 5.74) is 0.925. The topological polar surface area (TPSA) is 124 Å². The van der Waals surface area contributed by atoms with Crippen molar-refractivity contribution in [1.82, 2.24) is 19.7 Å². The zero-order valence-electron chi connectivity index (χ0n) is 14.7. The Bertz CT molecular complexity index is 1360. The third-order valence-electron chi connectivity index (χ3n) is 4.15. The van der Waals surface area contributed by atoms with Gasteiger partial charge in [0.05, 0.1) is 16.8 Å². The minimum absolute atomic E-state index is 0.0374. The number of nitrogens with one attached hydrogen (secondary N) is 1. The molecule has 0 fully saturated rings. The van der Waals surface area contributed by atoms with E-state index < -0.39 is 10.0 Å². The van der Waals surface area contributed by atoms with Crippen molar-refractivity contribution in [3.63, 3.8) is 0 Å². The molecule has 0 unspecified atom stereocenters. The van der Waals surface area contributed by atoms with Gasteiger partial charge in [-0.25, -0.2) is 27.6 Å². The number of hydrogen-bond acceptors (Lipinski definition) is 6. The van der Waals surface area contributed by atoms with Crippen molar-refractivity contribution in [3.05, 3.63) is 76.5 Å². The Morgan fingerprint density at radius 1 is 1.14 bits per heavy atom. The van der Waals surface area contributed by atoms with E-state index in [0.29, 0.717) is 22.1 Å². The maximum atomic E-state index is 13.8. The molecular formula is C18H14FN5O3S2. The van der Waals surface area contributed by atoms with Crippen LogP contribution in [0.25, 0.3) is 16.7 Å². The van der Waals surface area contributed by atoms with Gasteiger partial charge < -0.3 is 4.98 Å². The van der Waals surface area contributed by atoms with E-state index in [2.05, 4.69) is 15.1 Å². The molecule has 0 aliphatic carbocycles. The minimum Gasteiger partial charge on any atom is -0.301 e. The number of halogens is 1. The standard InChI is InChI=1S/C18H14FN5O3S2/c19-15-4-2-1-3-11(15)10-28-18-22-16-14(17(25)23-18)9-21-24(16)12-5-7-13(8-6-12)29(20,26)27/h1-9H,10H2,(H2,20,26,27)(H,22,23,25). The van der Waals surface area contributed by atoms with E-state index in [9.17, 15) is 17.6 Å². The Morgan fingerprint density at radius 3 is 2.55 bits per heavy atom. The van der Waals surface area contributed by atoms with Crippen molar-refractivity contribution in [2.45, 2.75) is 15.8 Å². The summed E-state index contributed by atoms with van der Waals surface area (Å²) in [5.74, 6) is -0.0402. The average molecular weight is 431 g/mol. The van der Waals surface area contributed by atoms with E-state index in [1.807, 2.05) is 0 Å². The van der Waals surface area contributed by atoms with Crippen LogP contribution in [-0.2, 0) is 15.8 Å². The van der Waals surface area contributed by atoms with Crippen LogP contribution >= 0.6 is 11.8 Å². The Labute approximate surface area is 168 Å². The lowest BCUT2D eigenvalue weighted by atomic mass is 10.2. The smallest absolute Gasteiger partial charge is 0.262 e. The second-order valence-electron chi connectivity index (χ2n) is 6.08. The number of nitrogens with two attached hydrogens (primary N) is 1. The number of nitrogens with zero attached hydrogens (tertiary/aromatic N) is 3. The number of thioether (sulfide) groups is 1. The molecule has 0 saturated heterocycles. The lowest BCUT2D eigenvalue weighted by Crippen LogP contribution is -2.12. The van der Waals surface area contributed by atoms with E-state index in [1.54, 1.807) is 18.2 Å². The number of benzene rings is 2. The van der Waals surface area contributed by atoms with Crippen LogP contribution in [-0.4, -0.2) is 28.2 Å². The highest BCUT2D eigenvalue weighted by atomic mass is 32.2. The number of rotatable bonds is 5. The highest BCUT2D eigenvalue weighted by Crippen LogP contribution is 2.22. The minimum atomic E-state index is -3.82. The SMILES string of the molecule is NS(=O)(=O)c1ccc(-n2ncc3c(=O)[nH]c(SCc4ccccc4F)nc32)cc1. The Morgan fingerprint density at radius 2 is 1.86 bits per heavy atom. The molecule has 0 amide bonds. The molecular weight excluding hydrogens is 417 g/mol.